The first-order chi connectivity index (χ1) is 12.8. The summed E-state index contributed by atoms with van der Waals surface area (Å²) in [4.78, 5) is 1.63. The maximum absolute atomic E-state index is 5.56. The third-order valence-electron chi connectivity index (χ3n) is 5.49. The minimum Gasteiger partial charge on any atom is -0.496 e. The molecule has 0 unspecified atom stereocenters. The summed E-state index contributed by atoms with van der Waals surface area (Å²) < 4.78 is 5.56. The second-order valence-electron chi connectivity index (χ2n) is 7.08. The van der Waals surface area contributed by atoms with Crippen LogP contribution in [0.2, 0.25) is 0 Å². The normalized spacial score (nSPS) is 20.0. The molecule has 2 N–H and O–H groups in total. The fraction of sp³-hybridized carbons (Fsp3) is 0.318. The van der Waals surface area contributed by atoms with Crippen LogP contribution in [0.3, 0.4) is 0 Å². The van der Waals surface area contributed by atoms with E-state index in [1.807, 2.05) is 18.3 Å². The van der Waals surface area contributed by atoms with Crippen molar-refractivity contribution in [2.75, 3.05) is 20.2 Å². The lowest BCUT2D eigenvalue weighted by molar-refractivity contribution is -0.919. The largest absolute Gasteiger partial charge is 0.496 e. The van der Waals surface area contributed by atoms with Crippen LogP contribution in [0.15, 0.2) is 60.8 Å². The number of likely N-dealkylation sites (tertiary alicyclic amines) is 1. The molecule has 4 nitrogen and oxygen atoms in total. The summed E-state index contributed by atoms with van der Waals surface area (Å²) >= 11 is 0. The van der Waals surface area contributed by atoms with Crippen molar-refractivity contribution in [2.45, 2.75) is 25.3 Å². The van der Waals surface area contributed by atoms with Crippen molar-refractivity contribution in [2.24, 2.45) is 0 Å². The van der Waals surface area contributed by atoms with E-state index in [0.717, 1.165) is 18.0 Å². The van der Waals surface area contributed by atoms with Gasteiger partial charge < -0.3 is 9.64 Å². The summed E-state index contributed by atoms with van der Waals surface area (Å²) in [5.74, 6) is 1.63. The zero-order valence-electron chi connectivity index (χ0n) is 15.2. The van der Waals surface area contributed by atoms with Crippen molar-refractivity contribution in [3.63, 3.8) is 0 Å². The molecule has 1 fully saturated rings. The molecule has 0 bridgehead atoms. The van der Waals surface area contributed by atoms with Crippen LogP contribution in [0.1, 0.15) is 29.9 Å². The number of hydrogen-bond donors (Lipinski definition) is 2. The Morgan fingerprint density at radius 3 is 2.54 bits per heavy atom. The van der Waals surface area contributed by atoms with E-state index in [2.05, 4.69) is 52.7 Å². The first kappa shape index (κ1) is 16.9. The highest BCUT2D eigenvalue weighted by Crippen LogP contribution is 2.31. The highest BCUT2D eigenvalue weighted by molar-refractivity contribution is 5.62. The van der Waals surface area contributed by atoms with Crippen LogP contribution in [0, 0.1) is 0 Å². The Hall–Kier alpha value is -2.59. The van der Waals surface area contributed by atoms with Gasteiger partial charge in [-0.3, -0.25) is 5.10 Å². The molecule has 1 saturated heterocycles. The first-order valence-electron chi connectivity index (χ1n) is 9.39. The average molecular weight is 348 g/mol. The Morgan fingerprint density at radius 1 is 1.04 bits per heavy atom. The molecular weight excluding hydrogens is 322 g/mol. The third-order valence-corrected chi connectivity index (χ3v) is 5.49. The lowest BCUT2D eigenvalue weighted by Crippen LogP contribution is -3.11. The van der Waals surface area contributed by atoms with Gasteiger partial charge in [0.2, 0.25) is 0 Å². The Morgan fingerprint density at radius 2 is 1.77 bits per heavy atom. The number of hydrogen-bond acceptors (Lipinski definition) is 2. The summed E-state index contributed by atoms with van der Waals surface area (Å²) in [6.45, 7) is 3.39. The molecule has 0 atom stereocenters. The minimum absolute atomic E-state index is 0.604. The number of methoxy groups -OCH3 is 1. The molecular formula is C22H26N3O+. The Labute approximate surface area is 154 Å². The molecule has 2 heterocycles. The van der Waals surface area contributed by atoms with Gasteiger partial charge in [-0.1, -0.05) is 48.5 Å². The zero-order chi connectivity index (χ0) is 17.8. The molecule has 4 heteroatoms. The topological polar surface area (TPSA) is 42.4 Å². The molecule has 0 spiro atoms. The monoisotopic (exact) mass is 348 g/mol. The summed E-state index contributed by atoms with van der Waals surface area (Å²) in [5.41, 5.74) is 5.04. The number of aromatic nitrogens is 2. The lowest BCUT2D eigenvalue weighted by Gasteiger charge is -2.30. The molecule has 1 aliphatic rings. The SMILES string of the molecule is COc1ccccc1C1CC[NH+](Cc2cn[nH]c2-c2ccccc2)CC1. The number of ether oxygens (including phenoxy) is 1. The molecule has 1 aromatic heterocycles. The number of aromatic amines is 1. The fourth-order valence-corrected chi connectivity index (χ4v) is 4.09. The Kier molecular flexibility index (Phi) is 5.02. The van der Waals surface area contributed by atoms with Gasteiger partial charge in [0.05, 0.1) is 37.7 Å². The molecule has 26 heavy (non-hydrogen) atoms. The van der Waals surface area contributed by atoms with Crippen molar-refractivity contribution in [1.82, 2.24) is 10.2 Å². The maximum Gasteiger partial charge on any atom is 0.122 e. The predicted octanol–water partition coefficient (Wildman–Crippen LogP) is 3.05. The van der Waals surface area contributed by atoms with E-state index in [9.17, 15) is 0 Å². The van der Waals surface area contributed by atoms with Crippen LogP contribution in [0.5, 0.6) is 5.75 Å². The van der Waals surface area contributed by atoms with Gasteiger partial charge in [0.1, 0.15) is 12.3 Å². The highest BCUT2D eigenvalue weighted by atomic mass is 16.5. The fourth-order valence-electron chi connectivity index (χ4n) is 4.09. The van der Waals surface area contributed by atoms with Crippen molar-refractivity contribution >= 4 is 0 Å². The van der Waals surface area contributed by atoms with Gasteiger partial charge in [-0.25, -0.2) is 0 Å². The van der Waals surface area contributed by atoms with Crippen LogP contribution >= 0.6 is 0 Å². The van der Waals surface area contributed by atoms with Crippen LogP contribution in [-0.4, -0.2) is 30.4 Å². The van der Waals surface area contributed by atoms with E-state index in [1.165, 1.54) is 42.6 Å². The molecule has 0 amide bonds. The number of para-hydroxylation sites is 1. The van der Waals surface area contributed by atoms with Crippen LogP contribution < -0.4 is 9.64 Å². The third kappa shape index (κ3) is 3.51. The van der Waals surface area contributed by atoms with Crippen molar-refractivity contribution in [3.05, 3.63) is 71.9 Å². The molecule has 2 aromatic carbocycles. The second-order valence-corrected chi connectivity index (χ2v) is 7.08. The van der Waals surface area contributed by atoms with Crippen LogP contribution in [-0.2, 0) is 6.54 Å². The number of benzene rings is 2. The maximum atomic E-state index is 5.56. The van der Waals surface area contributed by atoms with Gasteiger partial charge in [-0.15, -0.1) is 0 Å². The summed E-state index contributed by atoms with van der Waals surface area (Å²) in [6, 6.07) is 18.9. The predicted molar refractivity (Wildman–Crippen MR) is 103 cm³/mol. The van der Waals surface area contributed by atoms with E-state index in [4.69, 9.17) is 4.74 Å². The second kappa shape index (κ2) is 7.75. The van der Waals surface area contributed by atoms with Gasteiger partial charge >= 0.3 is 0 Å². The van der Waals surface area contributed by atoms with Crippen LogP contribution in [0.4, 0.5) is 0 Å². The number of quaternary nitrogens is 1. The number of nitrogens with zero attached hydrogens (tertiary/aromatic N) is 1. The molecule has 3 aromatic rings. The number of H-pyrrole nitrogens is 1. The molecule has 0 radical (unpaired) electrons. The standard InChI is InChI=1S/C22H25N3O/c1-26-21-10-6-5-9-20(21)17-11-13-25(14-12-17)16-19-15-23-24-22(19)18-7-3-2-4-8-18/h2-10,15,17H,11-14,16H2,1H3,(H,23,24)/p+1. The Bertz CT molecular complexity index is 835. The number of piperidine rings is 1. The van der Waals surface area contributed by atoms with Gasteiger partial charge in [-0.05, 0) is 17.5 Å². The van der Waals surface area contributed by atoms with Gasteiger partial charge in [-0.2, -0.15) is 5.10 Å². The summed E-state index contributed by atoms with van der Waals surface area (Å²) in [7, 11) is 1.77. The van der Waals surface area contributed by atoms with Crippen molar-refractivity contribution < 1.29 is 9.64 Å². The van der Waals surface area contributed by atoms with E-state index in [-0.39, 0.29) is 0 Å². The molecule has 0 aliphatic carbocycles. The smallest absolute Gasteiger partial charge is 0.122 e. The highest BCUT2D eigenvalue weighted by Gasteiger charge is 2.26. The average Bonchev–Trinajstić information content (AvgIpc) is 3.17. The van der Waals surface area contributed by atoms with E-state index >= 15 is 0 Å². The van der Waals surface area contributed by atoms with Gasteiger partial charge in [0, 0.05) is 18.4 Å². The summed E-state index contributed by atoms with van der Waals surface area (Å²) in [5, 5.41) is 7.48. The van der Waals surface area contributed by atoms with Gasteiger partial charge in [0.25, 0.3) is 0 Å². The lowest BCUT2D eigenvalue weighted by atomic mass is 9.88. The van der Waals surface area contributed by atoms with E-state index in [0.29, 0.717) is 5.92 Å². The van der Waals surface area contributed by atoms with Gasteiger partial charge in [0.15, 0.2) is 0 Å². The van der Waals surface area contributed by atoms with E-state index in [1.54, 1.807) is 12.0 Å². The quantitative estimate of drug-likeness (QED) is 0.744. The van der Waals surface area contributed by atoms with E-state index < -0.39 is 0 Å². The van der Waals surface area contributed by atoms with Crippen molar-refractivity contribution in [1.29, 1.82) is 0 Å². The molecule has 4 rings (SSSR count). The first-order valence-corrected chi connectivity index (χ1v) is 9.39. The van der Waals surface area contributed by atoms with Crippen molar-refractivity contribution in [3.8, 4) is 17.0 Å². The summed E-state index contributed by atoms with van der Waals surface area (Å²) in [6.07, 6.45) is 4.39. The molecule has 1 aliphatic heterocycles. The molecule has 134 valence electrons. The zero-order valence-corrected chi connectivity index (χ0v) is 15.2. The number of nitrogens with one attached hydrogen (secondary N) is 2. The Balaban J connectivity index is 1.42. The minimum atomic E-state index is 0.604. The molecule has 0 saturated carbocycles. The van der Waals surface area contributed by atoms with Crippen LogP contribution in [0.25, 0.3) is 11.3 Å². The number of rotatable bonds is 5.